The second-order valence-electron chi connectivity index (χ2n) is 3.28. The number of nitro groups is 1. The first kappa shape index (κ1) is 13.2. The number of methoxy groups -OCH3 is 2. The van der Waals surface area contributed by atoms with E-state index in [1.54, 1.807) is 0 Å². The summed E-state index contributed by atoms with van der Waals surface area (Å²) in [7, 11) is 2.67. The van der Waals surface area contributed by atoms with Crippen molar-refractivity contribution >= 4 is 5.69 Å². The van der Waals surface area contributed by atoms with Crippen molar-refractivity contribution in [3.05, 3.63) is 27.8 Å². The minimum absolute atomic E-state index is 0.0190. The Labute approximate surface area is 97.9 Å². The Bertz CT molecular complexity index is 421. The highest BCUT2D eigenvalue weighted by atomic mass is 16.6. The van der Waals surface area contributed by atoms with Crippen LogP contribution in [-0.4, -0.2) is 30.8 Å². The van der Waals surface area contributed by atoms with E-state index in [0.717, 1.165) is 0 Å². The van der Waals surface area contributed by atoms with Gasteiger partial charge in [0.25, 0.3) is 0 Å². The Balaban J connectivity index is 3.39. The summed E-state index contributed by atoms with van der Waals surface area (Å²) in [5, 5.41) is 20.4. The number of nitrogens with zero attached hydrogens (tertiary/aromatic N) is 1. The van der Waals surface area contributed by atoms with Crippen molar-refractivity contribution in [1.29, 1.82) is 0 Å². The number of aliphatic hydroxyl groups excluding tert-OH is 1. The van der Waals surface area contributed by atoms with Crippen LogP contribution in [0, 0.1) is 10.1 Å². The van der Waals surface area contributed by atoms with Crippen LogP contribution in [0.15, 0.2) is 12.1 Å². The molecule has 1 atom stereocenters. The highest BCUT2D eigenvalue weighted by Gasteiger charge is 2.23. The number of rotatable bonds is 5. The van der Waals surface area contributed by atoms with Crippen LogP contribution >= 0.6 is 0 Å². The van der Waals surface area contributed by atoms with Gasteiger partial charge in [0.15, 0.2) is 5.75 Å². The van der Waals surface area contributed by atoms with Crippen LogP contribution < -0.4 is 15.2 Å². The molecule has 94 valence electrons. The number of nitro benzene ring substituents is 1. The molecule has 1 aromatic carbocycles. The predicted octanol–water partition coefficient (Wildman–Crippen LogP) is 0.604. The van der Waals surface area contributed by atoms with Crippen molar-refractivity contribution in [3.8, 4) is 11.5 Å². The first-order valence-corrected chi connectivity index (χ1v) is 4.83. The minimum Gasteiger partial charge on any atom is -0.493 e. The summed E-state index contributed by atoms with van der Waals surface area (Å²) in [5.41, 5.74) is 5.35. The molecule has 7 heteroatoms. The Morgan fingerprint density at radius 1 is 1.47 bits per heavy atom. The van der Waals surface area contributed by atoms with Gasteiger partial charge in [0, 0.05) is 12.6 Å². The Kier molecular flexibility index (Phi) is 4.24. The average Bonchev–Trinajstić information content (AvgIpc) is 2.35. The Morgan fingerprint density at radius 3 is 2.53 bits per heavy atom. The summed E-state index contributed by atoms with van der Waals surface area (Å²) >= 11 is 0. The monoisotopic (exact) mass is 242 g/mol. The van der Waals surface area contributed by atoms with Gasteiger partial charge in [-0.15, -0.1) is 0 Å². The zero-order valence-electron chi connectivity index (χ0n) is 9.54. The van der Waals surface area contributed by atoms with Crippen LogP contribution in [0.2, 0.25) is 0 Å². The number of ether oxygens (including phenoxy) is 2. The first-order chi connectivity index (χ1) is 8.04. The van der Waals surface area contributed by atoms with Gasteiger partial charge in [0.05, 0.1) is 25.2 Å². The molecule has 0 unspecified atom stereocenters. The van der Waals surface area contributed by atoms with Crippen LogP contribution in [0.25, 0.3) is 0 Å². The van der Waals surface area contributed by atoms with Crippen molar-refractivity contribution in [2.45, 2.75) is 6.10 Å². The number of aliphatic hydroxyl groups is 1. The molecule has 0 aliphatic rings. The van der Waals surface area contributed by atoms with Gasteiger partial charge < -0.3 is 20.3 Å². The van der Waals surface area contributed by atoms with Gasteiger partial charge >= 0.3 is 5.69 Å². The summed E-state index contributed by atoms with van der Waals surface area (Å²) in [6.07, 6.45) is -0.978. The molecule has 3 N–H and O–H groups in total. The van der Waals surface area contributed by atoms with E-state index in [-0.39, 0.29) is 23.7 Å². The molecule has 0 saturated heterocycles. The number of hydrogen-bond donors (Lipinski definition) is 2. The van der Waals surface area contributed by atoms with E-state index in [1.165, 1.54) is 26.4 Å². The molecule has 0 saturated carbocycles. The molecule has 0 spiro atoms. The highest BCUT2D eigenvalue weighted by molar-refractivity contribution is 5.58. The van der Waals surface area contributed by atoms with Gasteiger partial charge in [-0.25, -0.2) is 0 Å². The lowest BCUT2D eigenvalue weighted by molar-refractivity contribution is -0.385. The number of benzene rings is 1. The highest BCUT2D eigenvalue weighted by Crippen LogP contribution is 2.39. The van der Waals surface area contributed by atoms with Crippen molar-refractivity contribution in [3.63, 3.8) is 0 Å². The van der Waals surface area contributed by atoms with E-state index < -0.39 is 11.0 Å². The summed E-state index contributed by atoms with van der Waals surface area (Å²) in [6, 6.07) is 2.68. The van der Waals surface area contributed by atoms with Crippen LogP contribution in [0.1, 0.15) is 11.7 Å². The molecule has 0 bridgehead atoms. The molecule has 0 aliphatic carbocycles. The Hall–Kier alpha value is -1.86. The molecular formula is C10H14N2O5. The average molecular weight is 242 g/mol. The molecule has 0 radical (unpaired) electrons. The maximum atomic E-state index is 10.9. The molecule has 1 rings (SSSR count). The summed E-state index contributed by atoms with van der Waals surface area (Å²) in [5.74, 6) is 0.203. The van der Waals surface area contributed by atoms with Gasteiger partial charge in [0.1, 0.15) is 0 Å². The van der Waals surface area contributed by atoms with Crippen molar-refractivity contribution < 1.29 is 19.5 Å². The smallest absolute Gasteiger partial charge is 0.315 e. The van der Waals surface area contributed by atoms with E-state index in [1.807, 2.05) is 0 Å². The van der Waals surface area contributed by atoms with E-state index in [4.69, 9.17) is 15.2 Å². The summed E-state index contributed by atoms with van der Waals surface area (Å²) < 4.78 is 9.90. The largest absolute Gasteiger partial charge is 0.493 e. The SMILES string of the molecule is COc1cc([C@@H](O)CN)cc([N+](=O)[O-])c1OC. The summed E-state index contributed by atoms with van der Waals surface area (Å²) in [6.45, 7) is -0.0351. The van der Waals surface area contributed by atoms with Crippen LogP contribution in [0.4, 0.5) is 5.69 Å². The standard InChI is InChI=1S/C10H14N2O5/c1-16-9-4-6(8(13)5-11)3-7(12(14)15)10(9)17-2/h3-4,8,13H,5,11H2,1-2H3/t8-/m0/s1. The molecule has 0 heterocycles. The number of nitrogens with two attached hydrogens (primary N) is 1. The van der Waals surface area contributed by atoms with Gasteiger partial charge in [-0.1, -0.05) is 0 Å². The van der Waals surface area contributed by atoms with E-state index in [2.05, 4.69) is 0 Å². The third kappa shape index (κ3) is 2.63. The fraction of sp³-hybridized carbons (Fsp3) is 0.400. The molecule has 0 aliphatic heterocycles. The zero-order chi connectivity index (χ0) is 13.0. The topological polar surface area (TPSA) is 108 Å². The third-order valence-electron chi connectivity index (χ3n) is 2.29. The van der Waals surface area contributed by atoms with Crippen LogP contribution in [-0.2, 0) is 0 Å². The Morgan fingerprint density at radius 2 is 2.12 bits per heavy atom. The number of hydrogen-bond acceptors (Lipinski definition) is 6. The van der Waals surface area contributed by atoms with Crippen molar-refractivity contribution in [2.75, 3.05) is 20.8 Å². The minimum atomic E-state index is -0.978. The molecule has 17 heavy (non-hydrogen) atoms. The first-order valence-electron chi connectivity index (χ1n) is 4.83. The fourth-order valence-corrected chi connectivity index (χ4v) is 1.43. The summed E-state index contributed by atoms with van der Waals surface area (Å²) in [4.78, 5) is 10.3. The van der Waals surface area contributed by atoms with Crippen molar-refractivity contribution in [1.82, 2.24) is 0 Å². The van der Waals surface area contributed by atoms with Gasteiger partial charge in [0.2, 0.25) is 5.75 Å². The normalized spacial score (nSPS) is 12.0. The lowest BCUT2D eigenvalue weighted by Gasteiger charge is -2.13. The molecule has 1 aromatic rings. The quantitative estimate of drug-likeness (QED) is 0.578. The lowest BCUT2D eigenvalue weighted by Crippen LogP contribution is -2.12. The molecule has 0 aromatic heterocycles. The van der Waals surface area contributed by atoms with E-state index in [0.29, 0.717) is 5.56 Å². The molecule has 7 nitrogen and oxygen atoms in total. The zero-order valence-corrected chi connectivity index (χ0v) is 9.54. The second kappa shape index (κ2) is 5.46. The predicted molar refractivity (Wildman–Crippen MR) is 60.2 cm³/mol. The van der Waals surface area contributed by atoms with Crippen molar-refractivity contribution in [2.24, 2.45) is 5.73 Å². The maximum Gasteiger partial charge on any atom is 0.315 e. The maximum absolute atomic E-state index is 10.9. The second-order valence-corrected chi connectivity index (χ2v) is 3.28. The van der Waals surface area contributed by atoms with Gasteiger partial charge in [-0.3, -0.25) is 10.1 Å². The fourth-order valence-electron chi connectivity index (χ4n) is 1.43. The molecule has 0 amide bonds. The molecular weight excluding hydrogens is 228 g/mol. The van der Waals surface area contributed by atoms with Crippen LogP contribution in [0.3, 0.4) is 0 Å². The third-order valence-corrected chi connectivity index (χ3v) is 2.29. The van der Waals surface area contributed by atoms with E-state index >= 15 is 0 Å². The molecule has 0 fully saturated rings. The lowest BCUT2D eigenvalue weighted by atomic mass is 10.1. The van der Waals surface area contributed by atoms with E-state index in [9.17, 15) is 15.2 Å². The van der Waals surface area contributed by atoms with Gasteiger partial charge in [-0.2, -0.15) is 0 Å². The van der Waals surface area contributed by atoms with Crippen LogP contribution in [0.5, 0.6) is 11.5 Å². The van der Waals surface area contributed by atoms with Gasteiger partial charge in [-0.05, 0) is 11.6 Å².